The molecule has 1 N–H and O–H groups in total. The summed E-state index contributed by atoms with van der Waals surface area (Å²) in [5.41, 5.74) is 2.34. The van der Waals surface area contributed by atoms with Crippen molar-refractivity contribution in [2.24, 2.45) is 0 Å². The van der Waals surface area contributed by atoms with Gasteiger partial charge in [0.25, 0.3) is 0 Å². The van der Waals surface area contributed by atoms with E-state index < -0.39 is 18.2 Å². The average molecular weight is 386 g/mol. The highest BCUT2D eigenvalue weighted by atomic mass is 19.2. The van der Waals surface area contributed by atoms with Crippen molar-refractivity contribution in [3.05, 3.63) is 88.7 Å². The fourth-order valence-electron chi connectivity index (χ4n) is 3.06. The number of rotatable bonds is 7. The van der Waals surface area contributed by atoms with Crippen LogP contribution in [0.3, 0.4) is 0 Å². The maximum Gasteiger partial charge on any atom is 0.164 e. The van der Waals surface area contributed by atoms with Crippen molar-refractivity contribution in [1.29, 1.82) is 0 Å². The van der Waals surface area contributed by atoms with E-state index in [1.165, 1.54) is 18.2 Å². The molecule has 3 aromatic rings. The summed E-state index contributed by atoms with van der Waals surface area (Å²) in [4.78, 5) is 0. The molecule has 0 bridgehead atoms. The molecule has 0 heterocycles. The molecule has 0 saturated heterocycles. The minimum Gasteiger partial charge on any atom is -0.494 e. The molecule has 0 spiro atoms. The molecule has 0 saturated carbocycles. The van der Waals surface area contributed by atoms with Crippen LogP contribution in [0.25, 0.3) is 11.1 Å². The summed E-state index contributed by atoms with van der Waals surface area (Å²) in [6.45, 7) is 1.78. The molecule has 0 aliphatic rings. The average Bonchev–Trinajstić information content (AvgIpc) is 2.70. The van der Waals surface area contributed by atoms with Gasteiger partial charge in [-0.25, -0.2) is 13.2 Å². The minimum absolute atomic E-state index is 0.0528. The number of ether oxygens (including phenoxy) is 1. The third-order valence-corrected chi connectivity index (χ3v) is 4.61. The molecule has 3 rings (SSSR count). The lowest BCUT2D eigenvalue weighted by atomic mass is 9.99. The van der Waals surface area contributed by atoms with E-state index in [0.29, 0.717) is 30.8 Å². The highest BCUT2D eigenvalue weighted by molar-refractivity contribution is 5.65. The van der Waals surface area contributed by atoms with Crippen LogP contribution in [0.2, 0.25) is 0 Å². The van der Waals surface area contributed by atoms with E-state index >= 15 is 0 Å². The fourth-order valence-corrected chi connectivity index (χ4v) is 3.06. The lowest BCUT2D eigenvalue weighted by Crippen LogP contribution is -2.01. The van der Waals surface area contributed by atoms with Crippen LogP contribution in [-0.2, 0) is 19.4 Å². The Morgan fingerprint density at radius 1 is 0.821 bits per heavy atom. The minimum atomic E-state index is -0.999. The Morgan fingerprint density at radius 3 is 2.14 bits per heavy atom. The zero-order valence-electron chi connectivity index (χ0n) is 15.5. The second-order valence-electron chi connectivity index (χ2n) is 6.44. The number of aliphatic hydroxyl groups is 1. The first-order valence-electron chi connectivity index (χ1n) is 9.11. The van der Waals surface area contributed by atoms with Gasteiger partial charge in [0.05, 0.1) is 13.2 Å². The molecule has 146 valence electrons. The van der Waals surface area contributed by atoms with Crippen LogP contribution >= 0.6 is 0 Å². The molecule has 5 heteroatoms. The van der Waals surface area contributed by atoms with Gasteiger partial charge in [-0.3, -0.25) is 0 Å². The number of benzene rings is 3. The summed E-state index contributed by atoms with van der Waals surface area (Å²) in [7, 11) is 0. The van der Waals surface area contributed by atoms with Gasteiger partial charge in [-0.1, -0.05) is 36.4 Å². The molecule has 0 unspecified atom stereocenters. The van der Waals surface area contributed by atoms with Gasteiger partial charge in [0.15, 0.2) is 11.6 Å². The summed E-state index contributed by atoms with van der Waals surface area (Å²) < 4.78 is 47.4. The second kappa shape index (κ2) is 8.93. The molecule has 2 nitrogen and oxygen atoms in total. The summed E-state index contributed by atoms with van der Waals surface area (Å²) >= 11 is 0. The van der Waals surface area contributed by atoms with E-state index in [9.17, 15) is 13.2 Å². The molecule has 0 amide bonds. The molecule has 0 atom stereocenters. The Balaban J connectivity index is 1.71. The first kappa shape index (κ1) is 20.0. The van der Waals surface area contributed by atoms with Crippen molar-refractivity contribution in [3.63, 3.8) is 0 Å². The van der Waals surface area contributed by atoms with Crippen molar-refractivity contribution >= 4 is 0 Å². The van der Waals surface area contributed by atoms with Gasteiger partial charge in [-0.05, 0) is 48.6 Å². The highest BCUT2D eigenvalue weighted by Gasteiger charge is 2.13. The predicted molar refractivity (Wildman–Crippen MR) is 103 cm³/mol. The van der Waals surface area contributed by atoms with Gasteiger partial charge < -0.3 is 9.84 Å². The zero-order valence-corrected chi connectivity index (χ0v) is 15.5. The predicted octanol–water partition coefficient (Wildman–Crippen LogP) is 5.45. The van der Waals surface area contributed by atoms with Gasteiger partial charge in [0, 0.05) is 17.2 Å². The van der Waals surface area contributed by atoms with E-state index in [-0.39, 0.29) is 16.9 Å². The summed E-state index contributed by atoms with van der Waals surface area (Å²) in [5.74, 6) is -1.79. The van der Waals surface area contributed by atoms with E-state index in [4.69, 9.17) is 9.84 Å². The van der Waals surface area contributed by atoms with Crippen molar-refractivity contribution in [1.82, 2.24) is 0 Å². The van der Waals surface area contributed by atoms with Crippen LogP contribution in [0.4, 0.5) is 13.2 Å². The highest BCUT2D eigenvalue weighted by Crippen LogP contribution is 2.27. The Morgan fingerprint density at radius 2 is 1.50 bits per heavy atom. The first-order chi connectivity index (χ1) is 13.5. The van der Waals surface area contributed by atoms with Crippen LogP contribution < -0.4 is 4.74 Å². The van der Waals surface area contributed by atoms with Gasteiger partial charge in [0.2, 0.25) is 0 Å². The lowest BCUT2D eigenvalue weighted by Gasteiger charge is -2.09. The van der Waals surface area contributed by atoms with E-state index in [1.54, 1.807) is 24.3 Å². The smallest absolute Gasteiger partial charge is 0.164 e. The van der Waals surface area contributed by atoms with Crippen LogP contribution in [-0.4, -0.2) is 11.7 Å². The van der Waals surface area contributed by atoms with Crippen LogP contribution in [0, 0.1) is 17.5 Å². The standard InChI is InChI=1S/C23H21F3O2/c1-2-28-19-11-12-20(21(24)13-19)16-6-3-15(4-7-16)5-8-17-9-10-18(14-27)23(26)22(17)25/h3-4,6-7,9-13,27H,2,5,8,14H2,1H3. The van der Waals surface area contributed by atoms with E-state index in [0.717, 1.165) is 11.1 Å². The normalized spacial score (nSPS) is 10.9. The van der Waals surface area contributed by atoms with E-state index in [2.05, 4.69) is 0 Å². The number of hydrogen-bond donors (Lipinski definition) is 1. The monoisotopic (exact) mass is 386 g/mol. The SMILES string of the molecule is CCOc1ccc(-c2ccc(CCc3ccc(CO)c(F)c3F)cc2)c(F)c1. The number of aliphatic hydroxyl groups excluding tert-OH is 1. The second-order valence-corrected chi connectivity index (χ2v) is 6.44. The Bertz CT molecular complexity index is 953. The summed E-state index contributed by atoms with van der Waals surface area (Å²) in [6.07, 6.45) is 0.839. The lowest BCUT2D eigenvalue weighted by molar-refractivity contribution is 0.273. The third kappa shape index (κ3) is 4.37. The third-order valence-electron chi connectivity index (χ3n) is 4.61. The van der Waals surface area contributed by atoms with Crippen molar-refractivity contribution in [2.75, 3.05) is 6.61 Å². The summed E-state index contributed by atoms with van der Waals surface area (Å²) in [5, 5.41) is 8.98. The molecular weight excluding hydrogens is 365 g/mol. The summed E-state index contributed by atoms with van der Waals surface area (Å²) in [6, 6.07) is 15.0. The molecule has 28 heavy (non-hydrogen) atoms. The largest absolute Gasteiger partial charge is 0.494 e. The van der Waals surface area contributed by atoms with Crippen molar-refractivity contribution in [3.8, 4) is 16.9 Å². The maximum absolute atomic E-state index is 14.3. The Hall–Kier alpha value is -2.79. The fraction of sp³-hybridized carbons (Fsp3) is 0.217. The number of aryl methyl sites for hydroxylation is 2. The van der Waals surface area contributed by atoms with Gasteiger partial charge >= 0.3 is 0 Å². The Labute approximate surface area is 162 Å². The van der Waals surface area contributed by atoms with Crippen molar-refractivity contribution in [2.45, 2.75) is 26.4 Å². The number of halogens is 3. The first-order valence-corrected chi connectivity index (χ1v) is 9.11. The molecule has 0 radical (unpaired) electrons. The van der Waals surface area contributed by atoms with E-state index in [1.807, 2.05) is 19.1 Å². The number of hydrogen-bond acceptors (Lipinski definition) is 2. The molecule has 0 fully saturated rings. The molecule has 3 aromatic carbocycles. The molecular formula is C23H21F3O2. The van der Waals surface area contributed by atoms with Crippen LogP contribution in [0.1, 0.15) is 23.6 Å². The quantitative estimate of drug-likeness (QED) is 0.585. The van der Waals surface area contributed by atoms with Gasteiger partial charge in [0.1, 0.15) is 11.6 Å². The maximum atomic E-state index is 14.3. The van der Waals surface area contributed by atoms with Gasteiger partial charge in [-0.2, -0.15) is 0 Å². The Kier molecular flexibility index (Phi) is 6.37. The van der Waals surface area contributed by atoms with Crippen molar-refractivity contribution < 1.29 is 23.0 Å². The van der Waals surface area contributed by atoms with Crippen LogP contribution in [0.15, 0.2) is 54.6 Å². The molecule has 0 aliphatic heterocycles. The van der Waals surface area contributed by atoms with Gasteiger partial charge in [-0.15, -0.1) is 0 Å². The molecule has 0 aromatic heterocycles. The van der Waals surface area contributed by atoms with Crippen LogP contribution in [0.5, 0.6) is 5.75 Å². The topological polar surface area (TPSA) is 29.5 Å². The zero-order chi connectivity index (χ0) is 20.1. The molecule has 0 aliphatic carbocycles.